The van der Waals surface area contributed by atoms with Gasteiger partial charge >= 0.3 is 5.97 Å². The first-order valence-electron chi connectivity index (χ1n) is 7.54. The first kappa shape index (κ1) is 14.2. The van der Waals surface area contributed by atoms with Crippen LogP contribution in [0.5, 0.6) is 11.5 Å². The lowest BCUT2D eigenvalue weighted by Gasteiger charge is -2.26. The summed E-state index contributed by atoms with van der Waals surface area (Å²) in [4.78, 5) is 11.1. The van der Waals surface area contributed by atoms with Crippen LogP contribution in [0.2, 0.25) is 0 Å². The highest BCUT2D eigenvalue weighted by Gasteiger charge is 2.26. The maximum absolute atomic E-state index is 11.1. The molecule has 1 heterocycles. The summed E-state index contributed by atoms with van der Waals surface area (Å²) < 4.78 is 10.6. The van der Waals surface area contributed by atoms with Crippen LogP contribution in [0.4, 0.5) is 0 Å². The van der Waals surface area contributed by atoms with Gasteiger partial charge in [-0.3, -0.25) is 4.79 Å². The van der Waals surface area contributed by atoms with E-state index in [4.69, 9.17) is 14.6 Å². The highest BCUT2D eigenvalue weighted by molar-refractivity contribution is 5.70. The van der Waals surface area contributed by atoms with Crippen molar-refractivity contribution in [1.29, 1.82) is 0 Å². The average molecular weight is 291 g/mol. The lowest BCUT2D eigenvalue weighted by atomic mass is 9.81. The van der Waals surface area contributed by atoms with Crippen molar-refractivity contribution in [1.82, 2.24) is 5.32 Å². The molecule has 114 valence electrons. The Morgan fingerprint density at radius 3 is 3.00 bits per heavy atom. The number of hydrogen-bond acceptors (Lipinski definition) is 4. The van der Waals surface area contributed by atoms with Gasteiger partial charge in [0.2, 0.25) is 6.79 Å². The van der Waals surface area contributed by atoms with Crippen LogP contribution < -0.4 is 14.8 Å². The topological polar surface area (TPSA) is 67.8 Å². The van der Waals surface area contributed by atoms with E-state index < -0.39 is 5.97 Å². The third-order valence-corrected chi connectivity index (χ3v) is 4.33. The smallest absolute Gasteiger partial charge is 0.306 e. The Labute approximate surface area is 124 Å². The number of ether oxygens (including phenoxy) is 2. The summed E-state index contributed by atoms with van der Waals surface area (Å²) in [6.45, 7) is 1.94. The Balaban J connectivity index is 1.46. The molecule has 1 aliphatic carbocycles. The van der Waals surface area contributed by atoms with Crippen LogP contribution in [0, 0.1) is 11.8 Å². The molecule has 1 fully saturated rings. The van der Waals surface area contributed by atoms with Crippen LogP contribution in [-0.2, 0) is 11.3 Å². The summed E-state index contributed by atoms with van der Waals surface area (Å²) in [5.41, 5.74) is 1.16. The second-order valence-electron chi connectivity index (χ2n) is 5.89. The number of fused-ring (bicyclic) bond motifs is 1. The van der Waals surface area contributed by atoms with E-state index in [1.807, 2.05) is 18.2 Å². The minimum atomic E-state index is -0.643. The molecule has 0 bridgehead atoms. The van der Waals surface area contributed by atoms with Gasteiger partial charge < -0.3 is 19.9 Å². The molecule has 0 radical (unpaired) electrons. The van der Waals surface area contributed by atoms with Crippen molar-refractivity contribution in [3.8, 4) is 11.5 Å². The number of nitrogens with one attached hydrogen (secondary N) is 1. The summed E-state index contributed by atoms with van der Waals surface area (Å²) in [5.74, 6) is 1.27. The molecule has 3 rings (SSSR count). The molecule has 1 aliphatic heterocycles. The molecule has 0 aromatic heterocycles. The van der Waals surface area contributed by atoms with Gasteiger partial charge in [-0.25, -0.2) is 0 Å². The second kappa shape index (κ2) is 6.35. The van der Waals surface area contributed by atoms with Gasteiger partial charge in [0.05, 0.1) is 5.92 Å². The maximum Gasteiger partial charge on any atom is 0.306 e. The van der Waals surface area contributed by atoms with E-state index in [1.54, 1.807) is 0 Å². The highest BCUT2D eigenvalue weighted by Crippen LogP contribution is 2.32. The predicted molar refractivity (Wildman–Crippen MR) is 77.4 cm³/mol. The number of rotatable bonds is 5. The minimum Gasteiger partial charge on any atom is -0.481 e. The molecular weight excluding hydrogens is 270 g/mol. The lowest BCUT2D eigenvalue weighted by Crippen LogP contribution is -2.29. The fourth-order valence-electron chi connectivity index (χ4n) is 3.17. The van der Waals surface area contributed by atoms with Crippen molar-refractivity contribution >= 4 is 5.97 Å². The van der Waals surface area contributed by atoms with Crippen molar-refractivity contribution in [2.45, 2.75) is 32.2 Å². The van der Waals surface area contributed by atoms with Crippen molar-refractivity contribution in [2.75, 3.05) is 13.3 Å². The van der Waals surface area contributed by atoms with Gasteiger partial charge in [0, 0.05) is 6.54 Å². The zero-order valence-corrected chi connectivity index (χ0v) is 12.0. The Morgan fingerprint density at radius 2 is 2.14 bits per heavy atom. The molecule has 1 aromatic carbocycles. The standard InChI is InChI=1S/C16H21NO4/c18-16(19)13-3-1-2-11(6-13)8-17-9-12-4-5-14-15(7-12)21-10-20-14/h4-5,7,11,13,17H,1-3,6,8-10H2,(H,18,19). The van der Waals surface area contributed by atoms with Gasteiger partial charge in [0.25, 0.3) is 0 Å². The van der Waals surface area contributed by atoms with Gasteiger partial charge in [-0.05, 0) is 49.4 Å². The first-order chi connectivity index (χ1) is 10.2. The minimum absolute atomic E-state index is 0.156. The largest absolute Gasteiger partial charge is 0.481 e. The van der Waals surface area contributed by atoms with E-state index >= 15 is 0 Å². The van der Waals surface area contributed by atoms with Gasteiger partial charge in [-0.1, -0.05) is 12.5 Å². The van der Waals surface area contributed by atoms with Gasteiger partial charge in [-0.2, -0.15) is 0 Å². The molecule has 0 saturated heterocycles. The third kappa shape index (κ3) is 3.47. The Hall–Kier alpha value is -1.75. The Bertz CT molecular complexity index is 517. The molecule has 21 heavy (non-hydrogen) atoms. The van der Waals surface area contributed by atoms with Crippen molar-refractivity contribution < 1.29 is 19.4 Å². The number of benzene rings is 1. The second-order valence-corrected chi connectivity index (χ2v) is 5.89. The summed E-state index contributed by atoms with van der Waals surface area (Å²) >= 11 is 0. The molecular formula is C16H21NO4. The fourth-order valence-corrected chi connectivity index (χ4v) is 3.17. The average Bonchev–Trinajstić information content (AvgIpc) is 2.95. The summed E-state index contributed by atoms with van der Waals surface area (Å²) in [5, 5.41) is 12.5. The van der Waals surface area contributed by atoms with Crippen LogP contribution in [-0.4, -0.2) is 24.4 Å². The summed E-state index contributed by atoms with van der Waals surface area (Å²) in [6, 6.07) is 5.96. The predicted octanol–water partition coefficient (Wildman–Crippen LogP) is 2.40. The molecule has 0 spiro atoms. The van der Waals surface area contributed by atoms with Crippen LogP contribution in [0.15, 0.2) is 18.2 Å². The van der Waals surface area contributed by atoms with Crippen molar-refractivity contribution in [3.05, 3.63) is 23.8 Å². The molecule has 2 N–H and O–H groups in total. The molecule has 5 nitrogen and oxygen atoms in total. The van der Waals surface area contributed by atoms with Crippen LogP contribution in [0.1, 0.15) is 31.2 Å². The molecule has 0 amide bonds. The SMILES string of the molecule is O=C(O)C1CCCC(CNCc2ccc3c(c2)OCO3)C1. The number of hydrogen-bond donors (Lipinski definition) is 2. The van der Waals surface area contributed by atoms with Crippen molar-refractivity contribution in [2.24, 2.45) is 11.8 Å². The first-order valence-corrected chi connectivity index (χ1v) is 7.54. The van der Waals surface area contributed by atoms with E-state index in [2.05, 4.69) is 5.32 Å². The number of carbonyl (C=O) groups is 1. The van der Waals surface area contributed by atoms with Gasteiger partial charge in [0.15, 0.2) is 11.5 Å². The molecule has 2 aliphatic rings. The summed E-state index contributed by atoms with van der Waals surface area (Å²) in [6.07, 6.45) is 3.77. The van der Waals surface area contributed by atoms with Crippen LogP contribution in [0.25, 0.3) is 0 Å². The normalized spacial score (nSPS) is 24.0. The molecule has 1 aromatic rings. The zero-order chi connectivity index (χ0) is 14.7. The number of carboxylic acid groups (broad SMARTS) is 1. The molecule has 2 atom stereocenters. The van der Waals surface area contributed by atoms with E-state index in [0.29, 0.717) is 12.7 Å². The van der Waals surface area contributed by atoms with E-state index in [0.717, 1.165) is 55.8 Å². The third-order valence-electron chi connectivity index (χ3n) is 4.33. The van der Waals surface area contributed by atoms with E-state index in [1.165, 1.54) is 0 Å². The number of carboxylic acids is 1. The Kier molecular flexibility index (Phi) is 4.29. The maximum atomic E-state index is 11.1. The zero-order valence-electron chi connectivity index (χ0n) is 12.0. The summed E-state index contributed by atoms with van der Waals surface area (Å²) in [7, 11) is 0. The van der Waals surface area contributed by atoms with E-state index in [-0.39, 0.29) is 5.92 Å². The van der Waals surface area contributed by atoms with Crippen molar-refractivity contribution in [3.63, 3.8) is 0 Å². The highest BCUT2D eigenvalue weighted by atomic mass is 16.7. The van der Waals surface area contributed by atoms with Crippen LogP contribution >= 0.6 is 0 Å². The Morgan fingerprint density at radius 1 is 1.29 bits per heavy atom. The van der Waals surface area contributed by atoms with Crippen LogP contribution in [0.3, 0.4) is 0 Å². The van der Waals surface area contributed by atoms with E-state index in [9.17, 15) is 4.79 Å². The van der Waals surface area contributed by atoms with Gasteiger partial charge in [0.1, 0.15) is 0 Å². The fraction of sp³-hybridized carbons (Fsp3) is 0.562. The lowest BCUT2D eigenvalue weighted by molar-refractivity contribution is -0.143. The molecule has 5 heteroatoms. The number of aliphatic carboxylic acids is 1. The quantitative estimate of drug-likeness (QED) is 0.872. The molecule has 1 saturated carbocycles. The monoisotopic (exact) mass is 291 g/mol. The van der Waals surface area contributed by atoms with Gasteiger partial charge in [-0.15, -0.1) is 0 Å². The molecule has 2 unspecified atom stereocenters.